The van der Waals surface area contributed by atoms with Crippen LogP contribution in [0.4, 0.5) is 5.69 Å². The summed E-state index contributed by atoms with van der Waals surface area (Å²) in [4.78, 5) is 38.7. The number of benzene rings is 1. The summed E-state index contributed by atoms with van der Waals surface area (Å²) in [6.45, 7) is 9.39. The lowest BCUT2D eigenvalue weighted by Gasteiger charge is -2.23. The average molecular weight is 538 g/mol. The third-order valence-electron chi connectivity index (χ3n) is 7.14. The molecule has 0 bridgehead atoms. The minimum Gasteiger partial charge on any atom is -0.493 e. The van der Waals surface area contributed by atoms with Crippen molar-refractivity contribution in [2.24, 2.45) is 5.92 Å². The summed E-state index contributed by atoms with van der Waals surface area (Å²) in [5, 5.41) is 9.02. The second-order valence-electron chi connectivity index (χ2n) is 9.64. The lowest BCUT2D eigenvalue weighted by molar-refractivity contribution is -0.122. The van der Waals surface area contributed by atoms with Gasteiger partial charge in [-0.3, -0.25) is 14.4 Å². The number of carbonyl (C=O) groups excluding carboxylic acids is 2. The van der Waals surface area contributed by atoms with E-state index in [9.17, 15) is 14.4 Å². The molecule has 3 atom stereocenters. The van der Waals surface area contributed by atoms with E-state index in [-0.39, 0.29) is 28.8 Å². The topological polar surface area (TPSA) is 115 Å². The Morgan fingerprint density at radius 2 is 1.85 bits per heavy atom. The zero-order valence-corrected chi connectivity index (χ0v) is 23.6. The van der Waals surface area contributed by atoms with E-state index in [0.717, 1.165) is 23.1 Å². The van der Waals surface area contributed by atoms with Gasteiger partial charge >= 0.3 is 0 Å². The van der Waals surface area contributed by atoms with Crippen molar-refractivity contribution in [3.05, 3.63) is 58.3 Å². The van der Waals surface area contributed by atoms with Gasteiger partial charge in [0.1, 0.15) is 6.04 Å². The molecule has 0 unspecified atom stereocenters. The number of fused-ring (bicyclic) bond motifs is 3. The fourth-order valence-electron chi connectivity index (χ4n) is 4.98. The SMILES string of the molecule is C=CCNC(=O)[C@H](Nc1ccc2c(cc1=O)[C@@H](NC(C)=O)CCc1cc(OC)c(OC)c(OC)c1-2)[C@@H](C)CC. The first-order chi connectivity index (χ1) is 18.7. The van der Waals surface area contributed by atoms with Gasteiger partial charge in [-0.1, -0.05) is 32.4 Å². The Morgan fingerprint density at radius 3 is 2.44 bits per heavy atom. The summed E-state index contributed by atoms with van der Waals surface area (Å²) in [7, 11) is 4.66. The van der Waals surface area contributed by atoms with Crippen molar-refractivity contribution in [1.82, 2.24) is 10.6 Å². The monoisotopic (exact) mass is 537 g/mol. The highest BCUT2D eigenvalue weighted by Crippen LogP contribution is 2.50. The largest absolute Gasteiger partial charge is 0.493 e. The molecule has 0 saturated carbocycles. The third kappa shape index (κ3) is 6.35. The molecule has 9 nitrogen and oxygen atoms in total. The molecule has 0 fully saturated rings. The van der Waals surface area contributed by atoms with Gasteiger partial charge in [0.15, 0.2) is 11.5 Å². The van der Waals surface area contributed by atoms with Crippen LogP contribution in [0.2, 0.25) is 0 Å². The molecule has 2 amide bonds. The molecule has 1 aliphatic rings. The zero-order chi connectivity index (χ0) is 28.7. The Kier molecular flexibility index (Phi) is 9.98. The van der Waals surface area contributed by atoms with E-state index in [1.165, 1.54) is 6.92 Å². The van der Waals surface area contributed by atoms with Crippen LogP contribution in [0.15, 0.2) is 41.7 Å². The van der Waals surface area contributed by atoms with Crippen molar-refractivity contribution < 1.29 is 23.8 Å². The molecular weight excluding hydrogens is 498 g/mol. The maximum absolute atomic E-state index is 13.6. The van der Waals surface area contributed by atoms with Crippen molar-refractivity contribution in [2.45, 2.75) is 52.1 Å². The van der Waals surface area contributed by atoms with Crippen LogP contribution in [0, 0.1) is 5.92 Å². The quantitative estimate of drug-likeness (QED) is 0.371. The number of carbonyl (C=O) groups is 2. The van der Waals surface area contributed by atoms with Crippen molar-refractivity contribution in [2.75, 3.05) is 33.2 Å². The van der Waals surface area contributed by atoms with Gasteiger partial charge < -0.3 is 30.2 Å². The van der Waals surface area contributed by atoms with Gasteiger partial charge in [0.25, 0.3) is 0 Å². The second-order valence-corrected chi connectivity index (χ2v) is 9.64. The van der Waals surface area contributed by atoms with E-state index in [0.29, 0.717) is 42.2 Å². The van der Waals surface area contributed by atoms with Crippen LogP contribution in [-0.4, -0.2) is 45.7 Å². The number of aryl methyl sites for hydroxylation is 1. The summed E-state index contributed by atoms with van der Waals surface area (Å²) in [6, 6.07) is 5.93. The van der Waals surface area contributed by atoms with E-state index in [1.807, 2.05) is 26.0 Å². The van der Waals surface area contributed by atoms with Crippen molar-refractivity contribution in [3.63, 3.8) is 0 Å². The molecule has 9 heteroatoms. The molecule has 0 spiro atoms. The molecule has 2 aromatic carbocycles. The summed E-state index contributed by atoms with van der Waals surface area (Å²) >= 11 is 0. The number of methoxy groups -OCH3 is 3. The van der Waals surface area contributed by atoms with Gasteiger partial charge in [-0.15, -0.1) is 6.58 Å². The summed E-state index contributed by atoms with van der Waals surface area (Å²) in [5.74, 6) is 0.990. The minimum absolute atomic E-state index is 0.0396. The molecule has 2 aromatic rings. The second kappa shape index (κ2) is 13.2. The van der Waals surface area contributed by atoms with Crippen molar-refractivity contribution in [1.29, 1.82) is 0 Å². The molecule has 0 heterocycles. The van der Waals surface area contributed by atoms with E-state index in [4.69, 9.17) is 14.2 Å². The molecule has 1 aliphatic carbocycles. The lowest BCUT2D eigenvalue weighted by Crippen LogP contribution is -2.44. The fraction of sp³-hybridized carbons (Fsp3) is 0.433. The van der Waals surface area contributed by atoms with Crippen LogP contribution < -0.4 is 35.6 Å². The van der Waals surface area contributed by atoms with Crippen LogP contribution in [0.3, 0.4) is 0 Å². The highest BCUT2D eigenvalue weighted by molar-refractivity contribution is 5.86. The molecule has 39 heavy (non-hydrogen) atoms. The number of anilines is 1. The first-order valence-corrected chi connectivity index (χ1v) is 13.1. The van der Waals surface area contributed by atoms with Crippen molar-refractivity contribution in [3.8, 4) is 28.4 Å². The van der Waals surface area contributed by atoms with Gasteiger partial charge in [-0.05, 0) is 53.6 Å². The standard InChI is InChI=1S/C30H39N3O6/c1-8-14-31-30(36)27(17(3)9-2)33-23-13-11-20-21(16-24(23)35)22(32-18(4)34)12-10-19-15-25(37-5)28(38-6)29(39-7)26(19)20/h8,11,13,15-17,22,27H,1,9-10,12,14H2,2-7H3,(H,31,36)(H,32,34)(H,33,35)/t17-,22-,27+/m0/s1. The molecular formula is C30H39N3O6. The van der Waals surface area contributed by atoms with Crippen LogP contribution >= 0.6 is 0 Å². The minimum atomic E-state index is -0.623. The molecule has 210 valence electrons. The van der Waals surface area contributed by atoms with Gasteiger partial charge in [0, 0.05) is 19.0 Å². The highest BCUT2D eigenvalue weighted by atomic mass is 16.5. The van der Waals surface area contributed by atoms with Crippen LogP contribution in [-0.2, 0) is 16.0 Å². The van der Waals surface area contributed by atoms with Crippen LogP contribution in [0.25, 0.3) is 11.1 Å². The first-order valence-electron chi connectivity index (χ1n) is 13.1. The lowest BCUT2D eigenvalue weighted by atomic mass is 9.95. The van der Waals surface area contributed by atoms with E-state index >= 15 is 0 Å². The summed E-state index contributed by atoms with van der Waals surface area (Å²) in [5.41, 5.74) is 3.07. The number of ether oxygens (including phenoxy) is 3. The average Bonchev–Trinajstić information content (AvgIpc) is 3.17. The van der Waals surface area contributed by atoms with Gasteiger partial charge in [0.2, 0.25) is 23.0 Å². The molecule has 3 rings (SSSR count). The predicted octanol–water partition coefficient (Wildman–Crippen LogP) is 3.99. The smallest absolute Gasteiger partial charge is 0.243 e. The zero-order valence-electron chi connectivity index (χ0n) is 23.6. The Hall–Kier alpha value is -4.01. The molecule has 3 N–H and O–H groups in total. The molecule has 0 saturated heterocycles. The van der Waals surface area contributed by atoms with E-state index in [1.54, 1.807) is 39.5 Å². The molecule has 0 aromatic heterocycles. The third-order valence-corrected chi connectivity index (χ3v) is 7.14. The van der Waals surface area contributed by atoms with Crippen LogP contribution in [0.5, 0.6) is 17.2 Å². The number of hydrogen-bond acceptors (Lipinski definition) is 7. The Labute approximate surface area is 229 Å². The number of rotatable bonds is 11. The van der Waals surface area contributed by atoms with Gasteiger partial charge in [-0.25, -0.2) is 0 Å². The van der Waals surface area contributed by atoms with Crippen molar-refractivity contribution >= 4 is 17.5 Å². The maximum Gasteiger partial charge on any atom is 0.243 e. The Morgan fingerprint density at radius 1 is 1.13 bits per heavy atom. The summed E-state index contributed by atoms with van der Waals surface area (Å²) < 4.78 is 17.0. The highest BCUT2D eigenvalue weighted by Gasteiger charge is 2.30. The number of amides is 2. The molecule has 0 aliphatic heterocycles. The summed E-state index contributed by atoms with van der Waals surface area (Å²) in [6.07, 6.45) is 3.51. The number of nitrogens with one attached hydrogen (secondary N) is 3. The number of hydrogen-bond donors (Lipinski definition) is 3. The first kappa shape index (κ1) is 29.5. The fourth-order valence-corrected chi connectivity index (χ4v) is 4.98. The Bertz CT molecular complexity index is 1290. The maximum atomic E-state index is 13.6. The predicted molar refractivity (Wildman–Crippen MR) is 153 cm³/mol. The van der Waals surface area contributed by atoms with Crippen LogP contribution in [0.1, 0.15) is 50.8 Å². The van der Waals surface area contributed by atoms with Gasteiger partial charge in [-0.2, -0.15) is 0 Å². The Balaban J connectivity index is 2.27. The normalized spacial score (nSPS) is 15.4. The van der Waals surface area contributed by atoms with E-state index in [2.05, 4.69) is 22.5 Å². The van der Waals surface area contributed by atoms with Gasteiger partial charge in [0.05, 0.1) is 33.1 Å². The van der Waals surface area contributed by atoms with E-state index < -0.39 is 12.1 Å². The molecule has 0 radical (unpaired) electrons.